The van der Waals surface area contributed by atoms with Gasteiger partial charge in [0, 0.05) is 17.2 Å². The molecule has 0 aliphatic carbocycles. The molecule has 1 atom stereocenters. The van der Waals surface area contributed by atoms with Crippen LogP contribution in [0.3, 0.4) is 0 Å². The lowest BCUT2D eigenvalue weighted by Gasteiger charge is -2.27. The second kappa shape index (κ2) is 7.28. The SMILES string of the molecule is NC(=O)c1cc(-c2ccc(F)cc2F)c2c(n1)O[C@@H](COC(F)F)CC2. The average molecular weight is 370 g/mol. The van der Waals surface area contributed by atoms with Crippen molar-refractivity contribution in [2.45, 2.75) is 25.6 Å². The zero-order valence-corrected chi connectivity index (χ0v) is 13.3. The molecule has 1 aromatic carbocycles. The van der Waals surface area contributed by atoms with Crippen LogP contribution in [0.4, 0.5) is 17.6 Å². The number of halogens is 4. The minimum atomic E-state index is -2.94. The van der Waals surface area contributed by atoms with Crippen molar-refractivity contribution >= 4 is 5.91 Å². The smallest absolute Gasteiger partial charge is 0.345 e. The molecule has 1 amide bonds. The van der Waals surface area contributed by atoms with Crippen molar-refractivity contribution in [1.29, 1.82) is 0 Å². The number of pyridine rings is 1. The molecule has 0 bridgehead atoms. The Bertz CT molecular complexity index is 845. The van der Waals surface area contributed by atoms with Gasteiger partial charge in [-0.05, 0) is 36.6 Å². The zero-order chi connectivity index (χ0) is 18.8. The maximum absolute atomic E-state index is 14.2. The van der Waals surface area contributed by atoms with E-state index in [1.165, 1.54) is 12.1 Å². The molecule has 0 saturated carbocycles. The van der Waals surface area contributed by atoms with Crippen LogP contribution in [-0.4, -0.2) is 30.2 Å². The number of nitrogens with two attached hydrogens (primary N) is 1. The number of carbonyl (C=O) groups is 1. The average Bonchev–Trinajstić information content (AvgIpc) is 2.58. The van der Waals surface area contributed by atoms with Crippen molar-refractivity contribution in [3.8, 4) is 17.0 Å². The van der Waals surface area contributed by atoms with Crippen molar-refractivity contribution < 1.29 is 31.8 Å². The maximum atomic E-state index is 14.2. The highest BCUT2D eigenvalue weighted by atomic mass is 19.3. The largest absolute Gasteiger partial charge is 0.472 e. The van der Waals surface area contributed by atoms with Crippen LogP contribution in [0, 0.1) is 11.6 Å². The molecule has 2 N–H and O–H groups in total. The van der Waals surface area contributed by atoms with Crippen molar-refractivity contribution in [3.63, 3.8) is 0 Å². The normalized spacial score (nSPS) is 16.3. The minimum Gasteiger partial charge on any atom is -0.472 e. The number of rotatable bonds is 5. The Balaban J connectivity index is 2.02. The number of aromatic nitrogens is 1. The van der Waals surface area contributed by atoms with Gasteiger partial charge in [0.1, 0.15) is 23.4 Å². The molecular weight excluding hydrogens is 356 g/mol. The molecule has 0 saturated heterocycles. The monoisotopic (exact) mass is 370 g/mol. The van der Waals surface area contributed by atoms with Gasteiger partial charge in [-0.1, -0.05) is 0 Å². The quantitative estimate of drug-likeness (QED) is 0.821. The summed E-state index contributed by atoms with van der Waals surface area (Å²) in [5.41, 5.74) is 5.89. The number of primary amides is 1. The summed E-state index contributed by atoms with van der Waals surface area (Å²) in [7, 11) is 0. The van der Waals surface area contributed by atoms with Gasteiger partial charge in [-0.3, -0.25) is 4.79 Å². The van der Waals surface area contributed by atoms with E-state index in [0.29, 0.717) is 18.4 Å². The number of nitrogens with zero attached hydrogens (tertiary/aromatic N) is 1. The molecule has 0 unspecified atom stereocenters. The number of carbonyl (C=O) groups excluding carboxylic acids is 1. The summed E-state index contributed by atoms with van der Waals surface area (Å²) in [4.78, 5) is 15.5. The Hall–Kier alpha value is -2.68. The number of amides is 1. The summed E-state index contributed by atoms with van der Waals surface area (Å²) in [6.07, 6.45) is -0.0455. The molecule has 5 nitrogen and oxygen atoms in total. The van der Waals surface area contributed by atoms with Gasteiger partial charge in [-0.15, -0.1) is 0 Å². The molecule has 2 aromatic rings. The Morgan fingerprint density at radius 2 is 2.08 bits per heavy atom. The summed E-state index contributed by atoms with van der Waals surface area (Å²) in [5, 5.41) is 0. The number of fused-ring (bicyclic) bond motifs is 1. The molecule has 9 heteroatoms. The molecule has 1 aliphatic rings. The summed E-state index contributed by atoms with van der Waals surface area (Å²) in [6.45, 7) is -3.30. The van der Waals surface area contributed by atoms with E-state index >= 15 is 0 Å². The Morgan fingerprint density at radius 1 is 1.31 bits per heavy atom. The van der Waals surface area contributed by atoms with Crippen LogP contribution >= 0.6 is 0 Å². The first kappa shape index (κ1) is 18.1. The van der Waals surface area contributed by atoms with Crippen molar-refractivity contribution in [2.75, 3.05) is 6.61 Å². The van der Waals surface area contributed by atoms with Gasteiger partial charge in [0.25, 0.3) is 5.91 Å². The fourth-order valence-electron chi connectivity index (χ4n) is 2.78. The van der Waals surface area contributed by atoms with Crippen LogP contribution in [-0.2, 0) is 11.2 Å². The van der Waals surface area contributed by atoms with Crippen LogP contribution < -0.4 is 10.5 Å². The van der Waals surface area contributed by atoms with E-state index in [2.05, 4.69) is 9.72 Å². The van der Waals surface area contributed by atoms with Gasteiger partial charge in [0.2, 0.25) is 5.88 Å². The number of hydrogen-bond acceptors (Lipinski definition) is 4. The van der Waals surface area contributed by atoms with Gasteiger partial charge in [0.15, 0.2) is 0 Å². The predicted octanol–water partition coefficient (Wildman–Crippen LogP) is 3.06. The Labute approximate surface area is 145 Å². The molecule has 3 rings (SSSR count). The van der Waals surface area contributed by atoms with E-state index in [-0.39, 0.29) is 29.3 Å². The third-order valence-corrected chi connectivity index (χ3v) is 3.96. The Kier molecular flexibility index (Phi) is 5.08. The topological polar surface area (TPSA) is 74.4 Å². The van der Waals surface area contributed by atoms with Gasteiger partial charge < -0.3 is 15.2 Å². The van der Waals surface area contributed by atoms with E-state index < -0.39 is 30.3 Å². The van der Waals surface area contributed by atoms with Gasteiger partial charge >= 0.3 is 6.61 Å². The lowest BCUT2D eigenvalue weighted by atomic mass is 9.94. The van der Waals surface area contributed by atoms with Crippen molar-refractivity contribution in [2.24, 2.45) is 5.73 Å². The summed E-state index contributed by atoms with van der Waals surface area (Å²) >= 11 is 0. The van der Waals surface area contributed by atoms with E-state index in [0.717, 1.165) is 12.1 Å². The molecule has 1 aromatic heterocycles. The van der Waals surface area contributed by atoms with Gasteiger partial charge in [-0.2, -0.15) is 8.78 Å². The second-order valence-electron chi connectivity index (χ2n) is 5.70. The molecule has 0 spiro atoms. The van der Waals surface area contributed by atoms with E-state index in [9.17, 15) is 22.4 Å². The van der Waals surface area contributed by atoms with Crippen LogP contribution in [0.2, 0.25) is 0 Å². The van der Waals surface area contributed by atoms with Crippen LogP contribution in [0.5, 0.6) is 5.88 Å². The van der Waals surface area contributed by atoms with Crippen LogP contribution in [0.15, 0.2) is 24.3 Å². The molecular formula is C17H14F4N2O3. The summed E-state index contributed by atoms with van der Waals surface area (Å²) < 4.78 is 61.5. The van der Waals surface area contributed by atoms with Crippen molar-refractivity contribution in [1.82, 2.24) is 4.98 Å². The van der Waals surface area contributed by atoms with Gasteiger partial charge in [0.05, 0.1) is 6.61 Å². The number of alkyl halides is 2. The molecule has 2 heterocycles. The lowest BCUT2D eigenvalue weighted by Crippen LogP contribution is -2.30. The number of benzene rings is 1. The molecule has 26 heavy (non-hydrogen) atoms. The summed E-state index contributed by atoms with van der Waals surface area (Å²) in [5.74, 6) is -2.44. The number of ether oxygens (including phenoxy) is 2. The lowest BCUT2D eigenvalue weighted by molar-refractivity contribution is -0.146. The fourth-order valence-corrected chi connectivity index (χ4v) is 2.78. The van der Waals surface area contributed by atoms with Gasteiger partial charge in [-0.25, -0.2) is 13.8 Å². The van der Waals surface area contributed by atoms with E-state index in [1.807, 2.05) is 0 Å². The predicted molar refractivity (Wildman–Crippen MR) is 82.8 cm³/mol. The summed E-state index contributed by atoms with van der Waals surface area (Å²) in [6, 6.07) is 4.33. The zero-order valence-electron chi connectivity index (χ0n) is 13.3. The van der Waals surface area contributed by atoms with Crippen LogP contribution in [0.1, 0.15) is 22.5 Å². The minimum absolute atomic E-state index is 0.00542. The van der Waals surface area contributed by atoms with Crippen LogP contribution in [0.25, 0.3) is 11.1 Å². The Morgan fingerprint density at radius 3 is 2.73 bits per heavy atom. The number of hydrogen-bond donors (Lipinski definition) is 1. The standard InChI is InChI=1S/C17H14F4N2O3/c18-8-1-3-10(13(19)5-8)12-6-14(15(22)24)23-16-11(12)4-2-9(26-16)7-25-17(20)21/h1,3,5-6,9,17H,2,4,7H2,(H2,22,24)/t9-/m1/s1. The molecule has 1 aliphatic heterocycles. The highest BCUT2D eigenvalue weighted by molar-refractivity contribution is 5.93. The first-order valence-corrected chi connectivity index (χ1v) is 7.70. The highest BCUT2D eigenvalue weighted by Gasteiger charge is 2.27. The molecule has 138 valence electrons. The van der Waals surface area contributed by atoms with E-state index in [4.69, 9.17) is 10.5 Å². The highest BCUT2D eigenvalue weighted by Crippen LogP contribution is 2.36. The first-order chi connectivity index (χ1) is 12.3. The third kappa shape index (κ3) is 3.77. The third-order valence-electron chi connectivity index (χ3n) is 3.96. The second-order valence-corrected chi connectivity index (χ2v) is 5.70. The molecule has 0 fully saturated rings. The first-order valence-electron chi connectivity index (χ1n) is 7.70. The van der Waals surface area contributed by atoms with E-state index in [1.54, 1.807) is 0 Å². The van der Waals surface area contributed by atoms with Crippen molar-refractivity contribution in [3.05, 3.63) is 47.2 Å². The molecule has 0 radical (unpaired) electrons. The fraction of sp³-hybridized carbons (Fsp3) is 0.294. The maximum Gasteiger partial charge on any atom is 0.345 e.